The Kier molecular flexibility index (Phi) is 6.83. The van der Waals surface area contributed by atoms with Gasteiger partial charge in [0.15, 0.2) is 23.9 Å². The summed E-state index contributed by atoms with van der Waals surface area (Å²) in [5.74, 6) is 1.00. The highest BCUT2D eigenvalue weighted by molar-refractivity contribution is 9.10. The van der Waals surface area contributed by atoms with Gasteiger partial charge in [0.2, 0.25) is 4.77 Å². The van der Waals surface area contributed by atoms with Crippen LogP contribution in [0.3, 0.4) is 0 Å². The summed E-state index contributed by atoms with van der Waals surface area (Å²) >= 11 is 8.79. The summed E-state index contributed by atoms with van der Waals surface area (Å²) in [5.41, 5.74) is 10.2. The monoisotopic (exact) mass is 478 g/mol. The molecule has 29 heavy (non-hydrogen) atoms. The molecule has 1 amide bonds. The Morgan fingerprint density at radius 1 is 1.34 bits per heavy atom. The highest BCUT2D eigenvalue weighted by Gasteiger charge is 2.14. The van der Waals surface area contributed by atoms with Crippen LogP contribution in [-0.4, -0.2) is 39.0 Å². The number of carbonyl (C=O) groups excluding carboxylic acids is 1. The first-order chi connectivity index (χ1) is 14.0. The van der Waals surface area contributed by atoms with Crippen LogP contribution in [0.4, 0.5) is 0 Å². The molecular formula is C18H19BrN6O3S. The van der Waals surface area contributed by atoms with Gasteiger partial charge in [-0.05, 0) is 64.9 Å². The predicted molar refractivity (Wildman–Crippen MR) is 114 cm³/mol. The summed E-state index contributed by atoms with van der Waals surface area (Å²) in [6.45, 7) is 2.49. The Bertz CT molecular complexity index is 1050. The molecule has 11 heteroatoms. The minimum absolute atomic E-state index is 0.240. The van der Waals surface area contributed by atoms with Gasteiger partial charge in [-0.25, -0.2) is 9.77 Å². The third kappa shape index (κ3) is 5.12. The number of benzene rings is 1. The number of rotatable bonds is 9. The van der Waals surface area contributed by atoms with E-state index in [1.165, 1.54) is 0 Å². The van der Waals surface area contributed by atoms with Crippen LogP contribution in [0.25, 0.3) is 11.4 Å². The number of hydrogen-bond donors (Lipinski definition) is 3. The molecule has 2 heterocycles. The zero-order chi connectivity index (χ0) is 20.8. The van der Waals surface area contributed by atoms with Crippen molar-refractivity contribution in [1.29, 1.82) is 0 Å². The quantitative estimate of drug-likeness (QED) is 0.404. The highest BCUT2D eigenvalue weighted by Crippen LogP contribution is 2.37. The molecular weight excluding hydrogens is 460 g/mol. The standard InChI is InChI=1S/C18H19BrN6O3S/c1-2-27-14-8-11(7-13(19)16(14)28-10-15(20)26)9-22-25-17(23-24-18(25)29)12-3-5-21-6-4-12/h3-8,22H,2,9-10H2,1H3,(H2,20,26)(H,24,29). The number of pyridine rings is 1. The molecule has 4 N–H and O–H groups in total. The summed E-state index contributed by atoms with van der Waals surface area (Å²) in [4.78, 5) is 15.1. The van der Waals surface area contributed by atoms with Crippen molar-refractivity contribution in [3.05, 3.63) is 51.5 Å². The van der Waals surface area contributed by atoms with Crippen molar-refractivity contribution in [2.24, 2.45) is 5.73 Å². The second-order valence-electron chi connectivity index (χ2n) is 5.85. The summed E-state index contributed by atoms with van der Waals surface area (Å²) in [6.07, 6.45) is 3.38. The Morgan fingerprint density at radius 3 is 2.79 bits per heavy atom. The number of hydrogen-bond acceptors (Lipinski definition) is 7. The van der Waals surface area contributed by atoms with Gasteiger partial charge < -0.3 is 20.6 Å². The average Bonchev–Trinajstić information content (AvgIpc) is 3.07. The lowest BCUT2D eigenvalue weighted by Crippen LogP contribution is -2.20. The van der Waals surface area contributed by atoms with Gasteiger partial charge in [-0.15, -0.1) is 0 Å². The number of aromatic amines is 1. The fourth-order valence-corrected chi connectivity index (χ4v) is 3.38. The zero-order valence-corrected chi connectivity index (χ0v) is 17.9. The van der Waals surface area contributed by atoms with Crippen LogP contribution in [0, 0.1) is 4.77 Å². The van der Waals surface area contributed by atoms with E-state index in [4.69, 9.17) is 27.4 Å². The van der Waals surface area contributed by atoms with E-state index in [1.807, 2.05) is 31.2 Å². The molecule has 0 saturated carbocycles. The molecule has 0 aliphatic carbocycles. The summed E-state index contributed by atoms with van der Waals surface area (Å²) in [7, 11) is 0. The Balaban J connectivity index is 1.84. The number of nitrogens with two attached hydrogens (primary N) is 1. The van der Waals surface area contributed by atoms with Crippen molar-refractivity contribution in [3.8, 4) is 22.9 Å². The molecule has 1 aromatic carbocycles. The molecule has 0 aliphatic heterocycles. The topological polar surface area (TPSA) is 120 Å². The Hall–Kier alpha value is -2.92. The van der Waals surface area contributed by atoms with E-state index >= 15 is 0 Å². The number of halogens is 1. The molecule has 0 fully saturated rings. The first-order valence-electron chi connectivity index (χ1n) is 8.67. The molecule has 9 nitrogen and oxygen atoms in total. The molecule has 0 saturated heterocycles. The zero-order valence-electron chi connectivity index (χ0n) is 15.5. The molecule has 0 radical (unpaired) electrons. The molecule has 0 atom stereocenters. The average molecular weight is 479 g/mol. The van der Waals surface area contributed by atoms with Crippen molar-refractivity contribution in [2.45, 2.75) is 13.5 Å². The van der Waals surface area contributed by atoms with Gasteiger partial charge in [0, 0.05) is 18.0 Å². The fourth-order valence-electron chi connectivity index (χ4n) is 2.58. The largest absolute Gasteiger partial charge is 0.490 e. The predicted octanol–water partition coefficient (Wildman–Crippen LogP) is 2.77. The Morgan fingerprint density at radius 2 is 2.10 bits per heavy atom. The molecule has 0 unspecified atom stereocenters. The second-order valence-corrected chi connectivity index (χ2v) is 7.09. The van der Waals surface area contributed by atoms with Crippen molar-refractivity contribution in [1.82, 2.24) is 19.9 Å². The van der Waals surface area contributed by atoms with E-state index in [0.717, 1.165) is 11.1 Å². The van der Waals surface area contributed by atoms with Crippen molar-refractivity contribution in [2.75, 3.05) is 18.6 Å². The van der Waals surface area contributed by atoms with Gasteiger partial charge in [0.05, 0.1) is 17.6 Å². The van der Waals surface area contributed by atoms with Crippen molar-refractivity contribution >= 4 is 34.1 Å². The molecule has 0 bridgehead atoms. The van der Waals surface area contributed by atoms with Gasteiger partial charge in [-0.3, -0.25) is 9.78 Å². The normalized spacial score (nSPS) is 10.6. The molecule has 3 aromatic rings. The van der Waals surface area contributed by atoms with E-state index in [0.29, 0.717) is 39.7 Å². The van der Waals surface area contributed by atoms with E-state index in [-0.39, 0.29) is 6.61 Å². The van der Waals surface area contributed by atoms with E-state index in [1.54, 1.807) is 17.1 Å². The number of nitrogens with zero attached hydrogens (tertiary/aromatic N) is 3. The van der Waals surface area contributed by atoms with E-state index < -0.39 is 5.91 Å². The van der Waals surface area contributed by atoms with Crippen LogP contribution in [0.5, 0.6) is 11.5 Å². The fraction of sp³-hybridized carbons (Fsp3) is 0.222. The Labute approximate surface area is 180 Å². The summed E-state index contributed by atoms with van der Waals surface area (Å²) in [5, 5.41) is 7.06. The number of H-pyrrole nitrogens is 1. The lowest BCUT2D eigenvalue weighted by Gasteiger charge is -2.16. The number of amides is 1. The maximum absolute atomic E-state index is 11.0. The van der Waals surface area contributed by atoms with Crippen LogP contribution < -0.4 is 20.6 Å². The van der Waals surface area contributed by atoms with Crippen LogP contribution in [0.2, 0.25) is 0 Å². The summed E-state index contributed by atoms with van der Waals surface area (Å²) < 4.78 is 13.9. The summed E-state index contributed by atoms with van der Waals surface area (Å²) in [6, 6.07) is 7.38. The third-order valence-corrected chi connectivity index (χ3v) is 4.64. The SMILES string of the molecule is CCOc1cc(CNn2c(-c3ccncc3)n[nH]c2=S)cc(Br)c1OCC(N)=O. The number of ether oxygens (including phenoxy) is 2. The van der Waals surface area contributed by atoms with Crippen LogP contribution >= 0.6 is 28.1 Å². The molecule has 0 spiro atoms. The van der Waals surface area contributed by atoms with Gasteiger partial charge in [0.25, 0.3) is 5.91 Å². The lowest BCUT2D eigenvalue weighted by atomic mass is 10.2. The van der Waals surface area contributed by atoms with Crippen molar-refractivity contribution < 1.29 is 14.3 Å². The lowest BCUT2D eigenvalue weighted by molar-refractivity contribution is -0.119. The molecule has 0 aliphatic rings. The van der Waals surface area contributed by atoms with E-state index in [2.05, 4.69) is 36.5 Å². The first kappa shape index (κ1) is 20.8. The third-order valence-electron chi connectivity index (χ3n) is 3.78. The molecule has 152 valence electrons. The number of nitrogens with one attached hydrogen (secondary N) is 2. The van der Waals surface area contributed by atoms with Crippen LogP contribution in [0.15, 0.2) is 41.1 Å². The number of aromatic nitrogens is 4. The van der Waals surface area contributed by atoms with Gasteiger partial charge in [0.1, 0.15) is 0 Å². The highest BCUT2D eigenvalue weighted by atomic mass is 79.9. The van der Waals surface area contributed by atoms with Crippen LogP contribution in [-0.2, 0) is 11.3 Å². The van der Waals surface area contributed by atoms with Gasteiger partial charge in [-0.2, -0.15) is 5.10 Å². The number of primary amides is 1. The molecule has 3 rings (SSSR count). The van der Waals surface area contributed by atoms with Crippen molar-refractivity contribution in [3.63, 3.8) is 0 Å². The van der Waals surface area contributed by atoms with Crippen LogP contribution in [0.1, 0.15) is 12.5 Å². The number of carbonyl (C=O) groups is 1. The second kappa shape index (κ2) is 9.52. The maximum Gasteiger partial charge on any atom is 0.255 e. The van der Waals surface area contributed by atoms with Gasteiger partial charge in [-0.1, -0.05) is 0 Å². The maximum atomic E-state index is 11.0. The minimum Gasteiger partial charge on any atom is -0.490 e. The smallest absolute Gasteiger partial charge is 0.255 e. The van der Waals surface area contributed by atoms with Gasteiger partial charge >= 0.3 is 0 Å². The van der Waals surface area contributed by atoms with E-state index in [9.17, 15) is 4.79 Å². The molecule has 2 aromatic heterocycles. The first-order valence-corrected chi connectivity index (χ1v) is 9.87. The minimum atomic E-state index is -0.567.